The predicted octanol–water partition coefficient (Wildman–Crippen LogP) is 4.76. The van der Waals surface area contributed by atoms with Gasteiger partial charge >= 0.3 is 0 Å². The fourth-order valence-corrected chi connectivity index (χ4v) is 3.03. The minimum absolute atomic E-state index is 0.124. The monoisotopic (exact) mass is 344 g/mol. The number of hydrogen-bond donors (Lipinski definition) is 2. The third-order valence-corrected chi connectivity index (χ3v) is 4.30. The van der Waals surface area contributed by atoms with Crippen LogP contribution in [0, 0.1) is 0 Å². The lowest BCUT2D eigenvalue weighted by Crippen LogP contribution is -2.09. The highest BCUT2D eigenvalue weighted by Crippen LogP contribution is 2.40. The van der Waals surface area contributed by atoms with E-state index in [1.807, 2.05) is 13.8 Å². The number of fused-ring (bicyclic) bond motifs is 1. The van der Waals surface area contributed by atoms with Crippen LogP contribution in [0.4, 0.5) is 10.8 Å². The van der Waals surface area contributed by atoms with Gasteiger partial charge in [0.25, 0.3) is 0 Å². The lowest BCUT2D eigenvalue weighted by atomic mass is 10.3. The molecule has 0 unspecified atom stereocenters. The average molecular weight is 345 g/mol. The van der Waals surface area contributed by atoms with Crippen LogP contribution in [0.2, 0.25) is 10.0 Å². The fraction of sp³-hybridized carbons (Fsp3) is 0.308. The lowest BCUT2D eigenvalue weighted by Gasteiger charge is -2.07. The molecular formula is C13H14Cl2N4OS. The third-order valence-electron chi connectivity index (χ3n) is 2.53. The van der Waals surface area contributed by atoms with Crippen molar-refractivity contribution in [3.05, 3.63) is 16.1 Å². The molecule has 2 rings (SSSR count). The number of carbonyl (C=O) groups is 1. The number of benzene rings is 1. The first-order valence-electron chi connectivity index (χ1n) is 6.27. The molecule has 0 radical (unpaired) electrons. The fourth-order valence-electron chi connectivity index (χ4n) is 1.55. The van der Waals surface area contributed by atoms with Crippen LogP contribution in [0.1, 0.15) is 27.2 Å². The molecule has 0 spiro atoms. The Morgan fingerprint density at radius 1 is 1.43 bits per heavy atom. The molecule has 112 valence electrons. The highest BCUT2D eigenvalue weighted by Gasteiger charge is 2.16. The third kappa shape index (κ3) is 3.64. The first-order valence-corrected chi connectivity index (χ1v) is 7.85. The maximum atomic E-state index is 11.5. The maximum absolute atomic E-state index is 11.5. The Kier molecular flexibility index (Phi) is 5.03. The van der Waals surface area contributed by atoms with Gasteiger partial charge in [-0.15, -0.1) is 0 Å². The number of carbonyl (C=O) groups excluding carboxylic acids is 1. The predicted molar refractivity (Wildman–Crippen MR) is 91.0 cm³/mol. The van der Waals surface area contributed by atoms with E-state index >= 15 is 0 Å². The van der Waals surface area contributed by atoms with Crippen LogP contribution in [-0.2, 0) is 4.79 Å². The Hall–Kier alpha value is -1.37. The smallest absolute Gasteiger partial charge is 0.224 e. The Bertz CT molecular complexity index is 723. The van der Waals surface area contributed by atoms with Gasteiger partial charge in [0, 0.05) is 12.1 Å². The number of hydrogen-bond acceptors (Lipinski definition) is 5. The Morgan fingerprint density at radius 3 is 2.76 bits per heavy atom. The second-order valence-corrected chi connectivity index (χ2v) is 6.27. The van der Waals surface area contributed by atoms with Gasteiger partial charge in [-0.1, -0.05) is 41.5 Å². The molecule has 8 heteroatoms. The van der Waals surface area contributed by atoms with E-state index in [4.69, 9.17) is 23.2 Å². The standard InChI is InChI=1S/C13H14Cl2N4OS/c1-4-9(20)16-8-5-7(14)11-12(10(8)15)21-13(17-11)19-18-6(2)3/h5H,4H2,1-3H3,(H,16,20)(H,17,19). The van der Waals surface area contributed by atoms with Crippen molar-refractivity contribution in [2.24, 2.45) is 5.10 Å². The number of nitrogens with zero attached hydrogens (tertiary/aromatic N) is 2. The van der Waals surface area contributed by atoms with E-state index < -0.39 is 0 Å². The Balaban J connectivity index is 2.46. The second kappa shape index (κ2) is 6.60. The minimum atomic E-state index is -0.124. The van der Waals surface area contributed by atoms with Crippen molar-refractivity contribution >= 4 is 67.2 Å². The quantitative estimate of drug-likeness (QED) is 0.620. The lowest BCUT2D eigenvalue weighted by molar-refractivity contribution is -0.115. The summed E-state index contributed by atoms with van der Waals surface area (Å²) in [4.78, 5) is 15.9. The SMILES string of the molecule is CCC(=O)Nc1cc(Cl)c2nc(NN=C(C)C)sc2c1Cl. The van der Waals surface area contributed by atoms with Gasteiger partial charge < -0.3 is 5.32 Å². The zero-order valence-electron chi connectivity index (χ0n) is 11.8. The Morgan fingerprint density at radius 2 is 2.14 bits per heavy atom. The van der Waals surface area contributed by atoms with Crippen LogP contribution in [0.5, 0.6) is 0 Å². The largest absolute Gasteiger partial charge is 0.325 e. The summed E-state index contributed by atoms with van der Waals surface area (Å²) in [7, 11) is 0. The zero-order valence-corrected chi connectivity index (χ0v) is 14.1. The van der Waals surface area contributed by atoms with Crippen molar-refractivity contribution in [1.82, 2.24) is 4.98 Å². The van der Waals surface area contributed by atoms with Gasteiger partial charge in [-0.2, -0.15) is 5.10 Å². The van der Waals surface area contributed by atoms with E-state index in [1.54, 1.807) is 13.0 Å². The van der Waals surface area contributed by atoms with Crippen molar-refractivity contribution in [1.29, 1.82) is 0 Å². The van der Waals surface area contributed by atoms with E-state index in [0.29, 0.717) is 37.5 Å². The van der Waals surface area contributed by atoms with Gasteiger partial charge in [0.2, 0.25) is 11.0 Å². The Labute approximate surface area is 136 Å². The molecule has 1 aromatic heterocycles. The summed E-state index contributed by atoms with van der Waals surface area (Å²) in [5.41, 5.74) is 4.81. The van der Waals surface area contributed by atoms with Crippen molar-refractivity contribution < 1.29 is 4.79 Å². The molecule has 5 nitrogen and oxygen atoms in total. The molecule has 0 atom stereocenters. The second-order valence-electron chi connectivity index (χ2n) is 4.49. The molecule has 1 amide bonds. The molecule has 0 saturated heterocycles. The summed E-state index contributed by atoms with van der Waals surface area (Å²) in [6, 6.07) is 1.61. The first kappa shape index (κ1) is 16.0. The van der Waals surface area contributed by atoms with Crippen LogP contribution < -0.4 is 10.7 Å². The van der Waals surface area contributed by atoms with E-state index in [9.17, 15) is 4.79 Å². The van der Waals surface area contributed by atoms with Gasteiger partial charge in [0.1, 0.15) is 5.52 Å². The number of hydrazone groups is 1. The zero-order chi connectivity index (χ0) is 15.6. The number of thiazole rings is 1. The highest BCUT2D eigenvalue weighted by molar-refractivity contribution is 7.23. The van der Waals surface area contributed by atoms with E-state index in [2.05, 4.69) is 20.8 Å². The number of amides is 1. The average Bonchev–Trinajstić information content (AvgIpc) is 2.87. The van der Waals surface area contributed by atoms with Crippen LogP contribution in [0.15, 0.2) is 11.2 Å². The number of aromatic nitrogens is 1. The molecule has 0 fully saturated rings. The van der Waals surface area contributed by atoms with Crippen molar-refractivity contribution in [2.45, 2.75) is 27.2 Å². The summed E-state index contributed by atoms with van der Waals surface area (Å²) in [5.74, 6) is -0.124. The molecule has 2 aromatic rings. The number of nitrogens with one attached hydrogen (secondary N) is 2. The molecule has 0 bridgehead atoms. The van der Waals surface area contributed by atoms with Crippen molar-refractivity contribution in [3.63, 3.8) is 0 Å². The van der Waals surface area contributed by atoms with Gasteiger partial charge in [-0.05, 0) is 19.9 Å². The van der Waals surface area contributed by atoms with Crippen LogP contribution >= 0.6 is 34.5 Å². The molecule has 0 aliphatic carbocycles. The van der Waals surface area contributed by atoms with Crippen molar-refractivity contribution in [2.75, 3.05) is 10.7 Å². The summed E-state index contributed by atoms with van der Waals surface area (Å²) >= 11 is 13.9. The van der Waals surface area contributed by atoms with E-state index in [0.717, 1.165) is 5.71 Å². The van der Waals surface area contributed by atoms with Crippen LogP contribution in [-0.4, -0.2) is 16.6 Å². The minimum Gasteiger partial charge on any atom is -0.325 e. The molecule has 1 heterocycles. The summed E-state index contributed by atoms with van der Waals surface area (Å²) in [5, 5.41) is 8.27. The molecule has 0 aliphatic heterocycles. The summed E-state index contributed by atoms with van der Waals surface area (Å²) in [6.07, 6.45) is 0.367. The van der Waals surface area contributed by atoms with E-state index in [1.165, 1.54) is 11.3 Å². The molecule has 0 aliphatic rings. The molecule has 1 aromatic carbocycles. The number of rotatable bonds is 4. The number of anilines is 2. The first-order chi connectivity index (χ1) is 9.92. The molecule has 0 saturated carbocycles. The van der Waals surface area contributed by atoms with Gasteiger partial charge in [-0.25, -0.2) is 4.98 Å². The molecule has 21 heavy (non-hydrogen) atoms. The van der Waals surface area contributed by atoms with Gasteiger partial charge in [0.05, 0.1) is 20.4 Å². The number of halogens is 2. The van der Waals surface area contributed by atoms with Gasteiger partial charge in [0.15, 0.2) is 0 Å². The summed E-state index contributed by atoms with van der Waals surface area (Å²) < 4.78 is 0.710. The summed E-state index contributed by atoms with van der Waals surface area (Å²) in [6.45, 7) is 5.51. The van der Waals surface area contributed by atoms with Crippen molar-refractivity contribution in [3.8, 4) is 0 Å². The maximum Gasteiger partial charge on any atom is 0.224 e. The van der Waals surface area contributed by atoms with E-state index in [-0.39, 0.29) is 5.91 Å². The van der Waals surface area contributed by atoms with Crippen LogP contribution in [0.25, 0.3) is 10.2 Å². The molecule has 2 N–H and O–H groups in total. The molecular weight excluding hydrogens is 331 g/mol. The normalized spacial score (nSPS) is 10.5. The topological polar surface area (TPSA) is 66.4 Å². The van der Waals surface area contributed by atoms with Gasteiger partial charge in [-0.3, -0.25) is 10.2 Å². The highest BCUT2D eigenvalue weighted by atomic mass is 35.5. The van der Waals surface area contributed by atoms with Crippen LogP contribution in [0.3, 0.4) is 0 Å².